The maximum absolute atomic E-state index is 12.6. The largest absolute Gasteiger partial charge is 0.423 e. The molecular weight excluding hydrogens is 325 g/mol. The lowest BCUT2D eigenvalue weighted by Crippen LogP contribution is -2.24. The highest BCUT2D eigenvalue weighted by Crippen LogP contribution is 2.31. The van der Waals surface area contributed by atoms with Crippen LogP contribution in [0.5, 0.6) is 0 Å². The van der Waals surface area contributed by atoms with Crippen LogP contribution < -0.4 is 11.1 Å². The van der Waals surface area contributed by atoms with Crippen molar-refractivity contribution in [1.82, 2.24) is 4.98 Å². The molecule has 0 amide bonds. The van der Waals surface area contributed by atoms with Crippen LogP contribution in [0.2, 0.25) is 0 Å². The number of oxazole rings is 1. The monoisotopic (exact) mass is 334 g/mol. The van der Waals surface area contributed by atoms with Crippen LogP contribution in [0.25, 0.3) is 11.1 Å². The fourth-order valence-electron chi connectivity index (χ4n) is 1.52. The second-order valence-electron chi connectivity index (χ2n) is 4.20. The van der Waals surface area contributed by atoms with E-state index in [0.29, 0.717) is 0 Å². The van der Waals surface area contributed by atoms with Gasteiger partial charge in [-0.15, -0.1) is 11.6 Å². The zero-order chi connectivity index (χ0) is 16.3. The number of guanidine groups is 1. The molecule has 0 aliphatic heterocycles. The molecule has 10 heteroatoms. The van der Waals surface area contributed by atoms with Crippen molar-refractivity contribution in [1.29, 1.82) is 0 Å². The summed E-state index contributed by atoms with van der Waals surface area (Å²) in [7, 11) is 0. The van der Waals surface area contributed by atoms with E-state index >= 15 is 0 Å². The third kappa shape index (κ3) is 3.88. The lowest BCUT2D eigenvalue weighted by atomic mass is 10.2. The Morgan fingerprint density at radius 2 is 2.18 bits per heavy atom. The first-order chi connectivity index (χ1) is 10.3. The van der Waals surface area contributed by atoms with E-state index in [0.717, 1.165) is 18.2 Å². The third-order valence-electron chi connectivity index (χ3n) is 2.52. The van der Waals surface area contributed by atoms with Crippen LogP contribution >= 0.6 is 11.6 Å². The number of carbonyl (C=O) groups excluding carboxylic acids is 1. The van der Waals surface area contributed by atoms with Crippen molar-refractivity contribution >= 4 is 40.5 Å². The zero-order valence-electron chi connectivity index (χ0n) is 10.9. The summed E-state index contributed by atoms with van der Waals surface area (Å²) in [6.45, 7) is -0.221. The molecule has 0 unspecified atom stereocenters. The maximum atomic E-state index is 12.6. The number of nitrogens with zero attached hydrogens (tertiary/aromatic N) is 2. The quantitative estimate of drug-likeness (QED) is 0.508. The van der Waals surface area contributed by atoms with Crippen molar-refractivity contribution in [2.45, 2.75) is 6.18 Å². The molecule has 2 aromatic rings. The molecule has 2 rings (SSSR count). The first-order valence-electron chi connectivity index (χ1n) is 5.92. The van der Waals surface area contributed by atoms with Gasteiger partial charge in [-0.25, -0.2) is 4.99 Å². The summed E-state index contributed by atoms with van der Waals surface area (Å²) >= 11 is 5.30. The third-order valence-corrected chi connectivity index (χ3v) is 2.82. The average molecular weight is 335 g/mol. The Morgan fingerprint density at radius 1 is 1.45 bits per heavy atom. The molecule has 0 aliphatic carbocycles. The SMILES string of the molecule is NC(=NCC(=O)CCl)Nc1nc2cc(C(F)(F)F)ccc2o1. The first kappa shape index (κ1) is 16.1. The van der Waals surface area contributed by atoms with Crippen LogP contribution in [0.3, 0.4) is 0 Å². The highest BCUT2D eigenvalue weighted by atomic mass is 35.5. The van der Waals surface area contributed by atoms with Gasteiger partial charge < -0.3 is 10.2 Å². The molecule has 0 bridgehead atoms. The standard InChI is InChI=1S/C12H10ClF3N4O2/c13-4-7(21)5-18-10(17)20-11-19-8-3-6(12(14,15)16)1-2-9(8)22-11/h1-3H,4-5H2,(H3,17,18,19,20). The van der Waals surface area contributed by atoms with E-state index in [1.54, 1.807) is 0 Å². The van der Waals surface area contributed by atoms with E-state index in [1.165, 1.54) is 0 Å². The molecule has 118 valence electrons. The van der Waals surface area contributed by atoms with E-state index < -0.39 is 11.7 Å². The minimum absolute atomic E-state index is 0.0157. The number of nitrogens with one attached hydrogen (secondary N) is 1. The molecular formula is C12H10ClF3N4O2. The summed E-state index contributed by atoms with van der Waals surface area (Å²) in [6.07, 6.45) is -4.47. The number of alkyl halides is 4. The minimum Gasteiger partial charge on any atom is -0.423 e. The number of nitrogens with two attached hydrogens (primary N) is 1. The molecule has 6 nitrogen and oxygen atoms in total. The molecule has 0 saturated heterocycles. The van der Waals surface area contributed by atoms with Gasteiger partial charge in [0.05, 0.1) is 11.4 Å². The number of rotatable bonds is 4. The van der Waals surface area contributed by atoms with Gasteiger partial charge in [-0.1, -0.05) is 0 Å². The van der Waals surface area contributed by atoms with Crippen LogP contribution in [-0.2, 0) is 11.0 Å². The number of anilines is 1. The van der Waals surface area contributed by atoms with Crippen molar-refractivity contribution in [3.05, 3.63) is 23.8 Å². The highest BCUT2D eigenvalue weighted by molar-refractivity contribution is 6.28. The summed E-state index contributed by atoms with van der Waals surface area (Å²) in [6, 6.07) is 2.76. The minimum atomic E-state index is -4.47. The van der Waals surface area contributed by atoms with Crippen molar-refractivity contribution in [3.63, 3.8) is 0 Å². The summed E-state index contributed by atoms with van der Waals surface area (Å²) < 4.78 is 42.9. The maximum Gasteiger partial charge on any atom is 0.416 e. The number of aliphatic imine (C=N–C) groups is 1. The Balaban J connectivity index is 2.18. The predicted octanol–water partition coefficient (Wildman–Crippen LogP) is 2.38. The van der Waals surface area contributed by atoms with Crippen LogP contribution in [0, 0.1) is 0 Å². The molecule has 22 heavy (non-hydrogen) atoms. The van der Waals surface area contributed by atoms with Gasteiger partial charge in [-0.2, -0.15) is 18.2 Å². The molecule has 0 fully saturated rings. The van der Waals surface area contributed by atoms with E-state index in [2.05, 4.69) is 15.3 Å². The fraction of sp³-hybridized carbons (Fsp3) is 0.250. The van der Waals surface area contributed by atoms with E-state index in [9.17, 15) is 18.0 Å². The summed E-state index contributed by atoms with van der Waals surface area (Å²) in [4.78, 5) is 18.5. The molecule has 1 aromatic carbocycles. The second-order valence-corrected chi connectivity index (χ2v) is 4.47. The Bertz CT molecular complexity index is 727. The van der Waals surface area contributed by atoms with Crippen molar-refractivity contribution in [2.24, 2.45) is 10.7 Å². The van der Waals surface area contributed by atoms with Crippen molar-refractivity contribution in [2.75, 3.05) is 17.7 Å². The number of ketones is 1. The zero-order valence-corrected chi connectivity index (χ0v) is 11.7. The smallest absolute Gasteiger partial charge is 0.416 e. The number of fused-ring (bicyclic) bond motifs is 1. The Hall–Kier alpha value is -2.29. The Labute approximate surface area is 127 Å². The number of hydrogen-bond acceptors (Lipinski definition) is 4. The van der Waals surface area contributed by atoms with Gasteiger partial charge >= 0.3 is 12.2 Å². The summed E-state index contributed by atoms with van der Waals surface area (Å²) in [5.41, 5.74) is 4.82. The molecule has 0 spiro atoms. The molecule has 0 aliphatic rings. The highest BCUT2D eigenvalue weighted by Gasteiger charge is 2.31. The number of halogens is 4. The van der Waals surface area contributed by atoms with Gasteiger partial charge in [0, 0.05) is 0 Å². The average Bonchev–Trinajstić information content (AvgIpc) is 2.84. The van der Waals surface area contributed by atoms with Gasteiger partial charge in [-0.05, 0) is 18.2 Å². The van der Waals surface area contributed by atoms with Crippen LogP contribution in [0.4, 0.5) is 19.2 Å². The molecule has 0 saturated carbocycles. The number of Topliss-reactive ketones (excluding diaryl/α,β-unsaturated/α-hetero) is 1. The lowest BCUT2D eigenvalue weighted by molar-refractivity contribution is -0.137. The topological polar surface area (TPSA) is 93.5 Å². The van der Waals surface area contributed by atoms with E-state index in [-0.39, 0.29) is 41.3 Å². The summed E-state index contributed by atoms with van der Waals surface area (Å²) in [5, 5.41) is 2.44. The molecule has 1 aromatic heterocycles. The second kappa shape index (κ2) is 6.22. The van der Waals surface area contributed by atoms with Gasteiger partial charge in [0.2, 0.25) is 0 Å². The Kier molecular flexibility index (Phi) is 4.55. The van der Waals surface area contributed by atoms with Crippen LogP contribution in [0.15, 0.2) is 27.6 Å². The van der Waals surface area contributed by atoms with Gasteiger partial charge in [0.15, 0.2) is 17.3 Å². The lowest BCUT2D eigenvalue weighted by Gasteiger charge is -2.04. The van der Waals surface area contributed by atoms with Crippen molar-refractivity contribution < 1.29 is 22.4 Å². The van der Waals surface area contributed by atoms with Gasteiger partial charge in [0.25, 0.3) is 0 Å². The molecule has 1 heterocycles. The fourth-order valence-corrected chi connectivity index (χ4v) is 1.61. The van der Waals surface area contributed by atoms with Gasteiger partial charge in [0.1, 0.15) is 12.1 Å². The number of benzene rings is 1. The van der Waals surface area contributed by atoms with E-state index in [4.69, 9.17) is 21.8 Å². The number of carbonyl (C=O) groups is 1. The molecule has 3 N–H and O–H groups in total. The first-order valence-corrected chi connectivity index (χ1v) is 6.45. The number of aromatic nitrogens is 1. The normalized spacial score (nSPS) is 12.6. The number of hydrogen-bond donors (Lipinski definition) is 2. The molecule has 0 atom stereocenters. The van der Waals surface area contributed by atoms with Crippen LogP contribution in [0.1, 0.15) is 5.56 Å². The van der Waals surface area contributed by atoms with E-state index in [1.807, 2.05) is 0 Å². The molecule has 0 radical (unpaired) electrons. The summed E-state index contributed by atoms with van der Waals surface area (Å²) in [5.74, 6) is -0.695. The van der Waals surface area contributed by atoms with Crippen molar-refractivity contribution in [3.8, 4) is 0 Å². The van der Waals surface area contributed by atoms with Crippen LogP contribution in [-0.4, -0.2) is 29.2 Å². The van der Waals surface area contributed by atoms with Gasteiger partial charge in [-0.3, -0.25) is 10.1 Å². The predicted molar refractivity (Wildman–Crippen MR) is 74.9 cm³/mol. The Morgan fingerprint density at radius 3 is 2.82 bits per heavy atom.